The fourth-order valence-electron chi connectivity index (χ4n) is 3.01. The first-order valence-electron chi connectivity index (χ1n) is 8.45. The molecule has 0 radical (unpaired) electrons. The van der Waals surface area contributed by atoms with Crippen LogP contribution >= 0.6 is 0 Å². The Kier molecular flexibility index (Phi) is 5.02. The Morgan fingerprint density at radius 3 is 2.80 bits per heavy atom. The maximum absolute atomic E-state index is 12.7. The largest absolute Gasteiger partial charge is 0.355 e. The molecule has 0 spiro atoms. The molecule has 2 aromatic rings. The number of hydrogen-bond acceptors (Lipinski definition) is 4. The molecule has 3 rings (SSSR count). The molecule has 1 atom stereocenters. The van der Waals surface area contributed by atoms with Crippen LogP contribution in [0.25, 0.3) is 11.3 Å². The van der Waals surface area contributed by atoms with E-state index in [9.17, 15) is 9.59 Å². The molecule has 3 amide bonds. The molecule has 0 bridgehead atoms. The minimum absolute atomic E-state index is 0.0759. The van der Waals surface area contributed by atoms with E-state index in [-0.39, 0.29) is 18.0 Å². The number of hydrogen-bond donors (Lipinski definition) is 2. The summed E-state index contributed by atoms with van der Waals surface area (Å²) in [6, 6.07) is 9.26. The lowest BCUT2D eigenvalue weighted by Gasteiger charge is -2.17. The molecule has 0 saturated carbocycles. The van der Waals surface area contributed by atoms with E-state index >= 15 is 0 Å². The maximum atomic E-state index is 12.7. The zero-order chi connectivity index (χ0) is 17.8. The summed E-state index contributed by atoms with van der Waals surface area (Å²) >= 11 is 0. The van der Waals surface area contributed by atoms with E-state index in [0.29, 0.717) is 36.7 Å². The highest BCUT2D eigenvalue weighted by Gasteiger charge is 2.29. The van der Waals surface area contributed by atoms with Gasteiger partial charge in [0.2, 0.25) is 0 Å². The summed E-state index contributed by atoms with van der Waals surface area (Å²) in [5.41, 5.74) is 1.81. The van der Waals surface area contributed by atoms with Gasteiger partial charge in [-0.3, -0.25) is 4.79 Å². The van der Waals surface area contributed by atoms with Gasteiger partial charge in [0.25, 0.3) is 5.91 Å². The smallest absolute Gasteiger partial charge is 0.317 e. The number of carbonyl (C=O) groups excluding carboxylic acids is 2. The van der Waals surface area contributed by atoms with Crippen molar-refractivity contribution in [3.63, 3.8) is 0 Å². The van der Waals surface area contributed by atoms with Crippen molar-refractivity contribution in [2.45, 2.75) is 26.3 Å². The van der Waals surface area contributed by atoms with E-state index in [1.54, 1.807) is 11.8 Å². The summed E-state index contributed by atoms with van der Waals surface area (Å²) in [5.74, 6) is 0.245. The minimum Gasteiger partial charge on any atom is -0.355 e. The highest BCUT2D eigenvalue weighted by atomic mass is 16.5. The number of benzene rings is 1. The number of amides is 3. The average Bonchev–Trinajstić information content (AvgIpc) is 3.22. The predicted molar refractivity (Wildman–Crippen MR) is 93.2 cm³/mol. The van der Waals surface area contributed by atoms with Crippen LogP contribution in [0.2, 0.25) is 0 Å². The molecule has 7 heteroatoms. The second kappa shape index (κ2) is 7.38. The summed E-state index contributed by atoms with van der Waals surface area (Å²) in [6.07, 6.45) is 0.730. The van der Waals surface area contributed by atoms with Crippen LogP contribution < -0.4 is 10.6 Å². The van der Waals surface area contributed by atoms with Crippen LogP contribution in [0.15, 0.2) is 34.9 Å². The molecule has 1 fully saturated rings. The van der Waals surface area contributed by atoms with Crippen LogP contribution in [0.1, 0.15) is 29.4 Å². The highest BCUT2D eigenvalue weighted by molar-refractivity contribution is 6.00. The Morgan fingerprint density at radius 1 is 1.32 bits per heavy atom. The topological polar surface area (TPSA) is 87.5 Å². The summed E-state index contributed by atoms with van der Waals surface area (Å²) in [6.45, 7) is 5.35. The monoisotopic (exact) mass is 342 g/mol. The van der Waals surface area contributed by atoms with E-state index in [2.05, 4.69) is 15.8 Å². The molecule has 0 unspecified atom stereocenters. The molecular formula is C18H22N4O3. The zero-order valence-corrected chi connectivity index (χ0v) is 14.4. The van der Waals surface area contributed by atoms with E-state index < -0.39 is 0 Å². The fraction of sp³-hybridized carbons (Fsp3) is 0.389. The standard InChI is InChI=1S/C18H22N4O3/c1-3-19-18(24)22-10-9-14(11-22)20-17(23)15-12(2)21-25-16(15)13-7-5-4-6-8-13/h4-8,14H,3,9-11H2,1-2H3,(H,19,24)(H,20,23)/t14-/m0/s1. The van der Waals surface area contributed by atoms with Crippen molar-refractivity contribution in [1.82, 2.24) is 20.7 Å². The number of nitrogens with zero attached hydrogens (tertiary/aromatic N) is 2. The summed E-state index contributed by atoms with van der Waals surface area (Å²) in [5, 5.41) is 9.72. The first kappa shape index (κ1) is 17.0. The van der Waals surface area contributed by atoms with Gasteiger partial charge >= 0.3 is 6.03 Å². The number of rotatable bonds is 4. The lowest BCUT2D eigenvalue weighted by Crippen LogP contribution is -2.42. The Bertz CT molecular complexity index is 757. The zero-order valence-electron chi connectivity index (χ0n) is 14.4. The number of nitrogens with one attached hydrogen (secondary N) is 2. The van der Waals surface area contributed by atoms with E-state index in [0.717, 1.165) is 12.0 Å². The van der Waals surface area contributed by atoms with Crippen LogP contribution in [0, 0.1) is 6.92 Å². The van der Waals surface area contributed by atoms with Gasteiger partial charge in [0.1, 0.15) is 5.56 Å². The van der Waals surface area contributed by atoms with Crippen LogP contribution in [0.4, 0.5) is 4.79 Å². The molecule has 1 aliphatic heterocycles. The van der Waals surface area contributed by atoms with Gasteiger partial charge in [-0.2, -0.15) is 0 Å². The second-order valence-electron chi connectivity index (χ2n) is 6.08. The molecule has 1 saturated heterocycles. The van der Waals surface area contributed by atoms with Crippen molar-refractivity contribution in [3.05, 3.63) is 41.6 Å². The molecule has 25 heavy (non-hydrogen) atoms. The van der Waals surface area contributed by atoms with Gasteiger partial charge in [-0.25, -0.2) is 4.79 Å². The molecular weight excluding hydrogens is 320 g/mol. The first-order valence-corrected chi connectivity index (χ1v) is 8.45. The van der Waals surface area contributed by atoms with Gasteiger partial charge in [0, 0.05) is 31.2 Å². The SMILES string of the molecule is CCNC(=O)N1CC[C@H](NC(=O)c2c(C)noc2-c2ccccc2)C1. The molecule has 2 heterocycles. The van der Waals surface area contributed by atoms with Crippen molar-refractivity contribution >= 4 is 11.9 Å². The third-order valence-electron chi connectivity index (χ3n) is 4.26. The van der Waals surface area contributed by atoms with Gasteiger partial charge in [-0.1, -0.05) is 35.5 Å². The average molecular weight is 342 g/mol. The van der Waals surface area contributed by atoms with Gasteiger partial charge < -0.3 is 20.1 Å². The number of urea groups is 1. The van der Waals surface area contributed by atoms with Crippen molar-refractivity contribution in [2.75, 3.05) is 19.6 Å². The summed E-state index contributed by atoms with van der Waals surface area (Å²) in [4.78, 5) is 26.3. The number of likely N-dealkylation sites (tertiary alicyclic amines) is 1. The number of carbonyl (C=O) groups is 2. The highest BCUT2D eigenvalue weighted by Crippen LogP contribution is 2.26. The van der Waals surface area contributed by atoms with Crippen molar-refractivity contribution < 1.29 is 14.1 Å². The molecule has 1 aromatic heterocycles. The molecule has 132 valence electrons. The number of aromatic nitrogens is 1. The molecule has 0 aliphatic carbocycles. The van der Waals surface area contributed by atoms with Gasteiger partial charge in [0.15, 0.2) is 5.76 Å². The van der Waals surface area contributed by atoms with Crippen LogP contribution in [0.3, 0.4) is 0 Å². The van der Waals surface area contributed by atoms with E-state index in [1.165, 1.54) is 0 Å². The lowest BCUT2D eigenvalue weighted by molar-refractivity contribution is 0.0937. The third-order valence-corrected chi connectivity index (χ3v) is 4.26. The molecule has 1 aliphatic rings. The Morgan fingerprint density at radius 2 is 2.08 bits per heavy atom. The summed E-state index contributed by atoms with van der Waals surface area (Å²) in [7, 11) is 0. The molecule has 1 aromatic carbocycles. The minimum atomic E-state index is -0.222. The second-order valence-corrected chi connectivity index (χ2v) is 6.08. The first-order chi connectivity index (χ1) is 12.1. The molecule has 7 nitrogen and oxygen atoms in total. The maximum Gasteiger partial charge on any atom is 0.317 e. The van der Waals surface area contributed by atoms with Gasteiger partial charge in [0.05, 0.1) is 5.69 Å². The van der Waals surface area contributed by atoms with Crippen molar-refractivity contribution in [3.8, 4) is 11.3 Å². The van der Waals surface area contributed by atoms with E-state index in [4.69, 9.17) is 4.52 Å². The fourth-order valence-corrected chi connectivity index (χ4v) is 3.01. The molecule has 2 N–H and O–H groups in total. The van der Waals surface area contributed by atoms with Crippen LogP contribution in [0.5, 0.6) is 0 Å². The Balaban J connectivity index is 1.71. The quantitative estimate of drug-likeness (QED) is 0.891. The third kappa shape index (κ3) is 3.65. The van der Waals surface area contributed by atoms with Crippen LogP contribution in [-0.2, 0) is 0 Å². The Hall–Kier alpha value is -2.83. The van der Waals surface area contributed by atoms with E-state index in [1.807, 2.05) is 37.3 Å². The normalized spacial score (nSPS) is 16.7. The predicted octanol–water partition coefficient (Wildman–Crippen LogP) is 2.18. The van der Waals surface area contributed by atoms with Gasteiger partial charge in [-0.05, 0) is 20.3 Å². The Labute approximate surface area is 146 Å². The van der Waals surface area contributed by atoms with Crippen LogP contribution in [-0.4, -0.2) is 47.7 Å². The number of aryl methyl sites for hydroxylation is 1. The van der Waals surface area contributed by atoms with Crippen molar-refractivity contribution in [1.29, 1.82) is 0 Å². The van der Waals surface area contributed by atoms with Gasteiger partial charge in [-0.15, -0.1) is 0 Å². The lowest BCUT2D eigenvalue weighted by atomic mass is 10.1. The van der Waals surface area contributed by atoms with Crippen molar-refractivity contribution in [2.24, 2.45) is 0 Å². The summed E-state index contributed by atoms with van der Waals surface area (Å²) < 4.78 is 5.37.